The summed E-state index contributed by atoms with van der Waals surface area (Å²) in [6.07, 6.45) is 6.72. The van der Waals surface area contributed by atoms with Gasteiger partial charge in [0.2, 0.25) is 0 Å². The van der Waals surface area contributed by atoms with E-state index >= 15 is 0 Å². The monoisotopic (exact) mass is 617 g/mol. The van der Waals surface area contributed by atoms with E-state index in [-0.39, 0.29) is 0 Å². The molecular weight excluding hydrogens is 591 g/mol. The van der Waals surface area contributed by atoms with Gasteiger partial charge in [0.05, 0.1) is 32.5 Å². The Balaban J connectivity index is 1.26. The van der Waals surface area contributed by atoms with Crippen molar-refractivity contribution in [3.63, 3.8) is 0 Å². The molecule has 4 heteroatoms. The van der Waals surface area contributed by atoms with Gasteiger partial charge in [-0.15, -0.1) is 11.3 Å². The number of fused-ring (bicyclic) bond motifs is 10. The van der Waals surface area contributed by atoms with Crippen LogP contribution in [-0.2, 0) is 6.42 Å². The molecule has 9 aromatic rings. The van der Waals surface area contributed by atoms with E-state index in [1.165, 1.54) is 58.8 Å². The zero-order valence-electron chi connectivity index (χ0n) is 25.4. The van der Waals surface area contributed by atoms with E-state index < -0.39 is 0 Å². The van der Waals surface area contributed by atoms with Crippen molar-refractivity contribution in [3.05, 3.63) is 150 Å². The van der Waals surface area contributed by atoms with Gasteiger partial charge in [-0.1, -0.05) is 97.1 Å². The van der Waals surface area contributed by atoms with E-state index in [4.69, 9.17) is 0 Å². The van der Waals surface area contributed by atoms with Crippen LogP contribution in [0.4, 0.5) is 0 Å². The summed E-state index contributed by atoms with van der Waals surface area (Å²) in [7, 11) is 0. The van der Waals surface area contributed by atoms with Crippen LogP contribution in [0.15, 0.2) is 133 Å². The standard InChI is InChI=1S/C43H27N3S/c44-26-28-11-10-17-30(41(28)46-38-19-8-4-14-31(38)32-15-5-9-20-39(32)46)27-21-24-40-36(25-27)35-23-22-34-33-16-6-7-18-37(33)45(42(34)43(35)47-40)29-12-2-1-3-13-29/h1-6,8-17,19-25H,7,18H2. The Morgan fingerprint density at radius 3 is 2.17 bits per heavy atom. The third-order valence-corrected chi connectivity index (χ3v) is 11.0. The molecule has 0 spiro atoms. The van der Waals surface area contributed by atoms with Gasteiger partial charge in [-0.05, 0) is 60.9 Å². The molecule has 3 nitrogen and oxygen atoms in total. The number of hydrogen-bond acceptors (Lipinski definition) is 2. The minimum atomic E-state index is 0.658. The minimum absolute atomic E-state index is 0.658. The largest absolute Gasteiger partial charge is 0.312 e. The normalized spacial score (nSPS) is 12.8. The van der Waals surface area contributed by atoms with Gasteiger partial charge in [0.15, 0.2) is 0 Å². The number of nitrogens with zero attached hydrogens (tertiary/aromatic N) is 3. The molecule has 0 fully saturated rings. The summed E-state index contributed by atoms with van der Waals surface area (Å²) in [5, 5.41) is 16.6. The Kier molecular flexibility index (Phi) is 5.64. The van der Waals surface area contributed by atoms with Crippen LogP contribution in [0, 0.1) is 11.3 Å². The van der Waals surface area contributed by atoms with Gasteiger partial charge >= 0.3 is 0 Å². The van der Waals surface area contributed by atoms with Gasteiger partial charge in [-0.2, -0.15) is 5.26 Å². The Labute approximate surface area is 275 Å². The van der Waals surface area contributed by atoms with Gasteiger partial charge in [-0.25, -0.2) is 0 Å². The number of allylic oxidation sites excluding steroid dienone is 1. The first kappa shape index (κ1) is 26.3. The van der Waals surface area contributed by atoms with Crippen molar-refractivity contribution in [2.75, 3.05) is 0 Å². The highest BCUT2D eigenvalue weighted by atomic mass is 32.1. The van der Waals surface area contributed by atoms with Gasteiger partial charge in [0.1, 0.15) is 6.07 Å². The number of thiophene rings is 1. The van der Waals surface area contributed by atoms with Crippen LogP contribution in [0.1, 0.15) is 23.2 Å². The summed E-state index contributed by atoms with van der Waals surface area (Å²) in [5.41, 5.74) is 11.2. The molecule has 3 aromatic heterocycles. The molecule has 0 radical (unpaired) electrons. The molecule has 10 rings (SSSR count). The number of rotatable bonds is 3. The van der Waals surface area contributed by atoms with Crippen LogP contribution < -0.4 is 0 Å². The van der Waals surface area contributed by atoms with Crippen LogP contribution in [0.25, 0.3) is 81.5 Å². The molecule has 1 aliphatic carbocycles. The fraction of sp³-hybridized carbons (Fsp3) is 0.0465. The summed E-state index contributed by atoms with van der Waals surface area (Å²) in [6, 6.07) is 47.9. The molecule has 0 amide bonds. The van der Waals surface area contributed by atoms with Crippen molar-refractivity contribution in [3.8, 4) is 28.6 Å². The van der Waals surface area contributed by atoms with E-state index in [1.54, 1.807) is 0 Å². The lowest BCUT2D eigenvalue weighted by atomic mass is 9.97. The first-order valence-corrected chi connectivity index (χ1v) is 16.9. The maximum absolute atomic E-state index is 10.4. The van der Waals surface area contributed by atoms with Crippen LogP contribution in [0.5, 0.6) is 0 Å². The Hall–Kier alpha value is -5.89. The van der Waals surface area contributed by atoms with Crippen LogP contribution in [0.2, 0.25) is 0 Å². The summed E-state index contributed by atoms with van der Waals surface area (Å²) in [4.78, 5) is 0. The number of hydrogen-bond donors (Lipinski definition) is 0. The van der Waals surface area contributed by atoms with E-state index in [2.05, 4.69) is 143 Å². The molecule has 3 heterocycles. The molecule has 0 bridgehead atoms. The average molecular weight is 618 g/mol. The number of para-hydroxylation sites is 4. The second-order valence-electron chi connectivity index (χ2n) is 12.3. The fourth-order valence-corrected chi connectivity index (χ4v) is 9.05. The quantitative estimate of drug-likeness (QED) is 0.194. The predicted octanol–water partition coefficient (Wildman–Crippen LogP) is 11.6. The maximum Gasteiger partial charge on any atom is 0.101 e. The second-order valence-corrected chi connectivity index (χ2v) is 13.4. The fourth-order valence-electron chi connectivity index (χ4n) is 7.83. The van der Waals surface area contributed by atoms with Crippen molar-refractivity contribution in [1.29, 1.82) is 5.26 Å². The Bertz CT molecular complexity index is 2750. The zero-order valence-corrected chi connectivity index (χ0v) is 26.3. The van der Waals surface area contributed by atoms with Gasteiger partial charge < -0.3 is 9.13 Å². The molecule has 0 saturated carbocycles. The zero-order chi connectivity index (χ0) is 31.1. The van der Waals surface area contributed by atoms with Gasteiger partial charge in [-0.3, -0.25) is 0 Å². The predicted molar refractivity (Wildman–Crippen MR) is 198 cm³/mol. The lowest BCUT2D eigenvalue weighted by Crippen LogP contribution is -2.02. The van der Waals surface area contributed by atoms with Crippen molar-refractivity contribution in [1.82, 2.24) is 9.13 Å². The first-order valence-electron chi connectivity index (χ1n) is 16.1. The molecular formula is C43H27N3S. The molecule has 6 aromatic carbocycles. The van der Waals surface area contributed by atoms with Gasteiger partial charge in [0, 0.05) is 54.1 Å². The average Bonchev–Trinajstić information content (AvgIpc) is 3.79. The smallest absolute Gasteiger partial charge is 0.101 e. The summed E-state index contributed by atoms with van der Waals surface area (Å²) >= 11 is 1.88. The van der Waals surface area contributed by atoms with Crippen molar-refractivity contribution in [2.24, 2.45) is 0 Å². The molecule has 0 unspecified atom stereocenters. The number of aromatic nitrogens is 2. The highest BCUT2D eigenvalue weighted by molar-refractivity contribution is 7.26. The van der Waals surface area contributed by atoms with Crippen LogP contribution >= 0.6 is 11.3 Å². The third kappa shape index (κ3) is 3.72. The van der Waals surface area contributed by atoms with Crippen LogP contribution in [-0.4, -0.2) is 9.13 Å². The van der Waals surface area contributed by atoms with E-state index in [1.807, 2.05) is 23.5 Å². The Morgan fingerprint density at radius 1 is 0.638 bits per heavy atom. The second kappa shape index (κ2) is 10.1. The third-order valence-electron chi connectivity index (χ3n) is 9.83. The number of nitriles is 1. The number of benzene rings is 6. The summed E-state index contributed by atoms with van der Waals surface area (Å²) in [6.45, 7) is 0. The maximum atomic E-state index is 10.4. The molecule has 0 saturated heterocycles. The van der Waals surface area contributed by atoms with Crippen molar-refractivity contribution < 1.29 is 0 Å². The summed E-state index contributed by atoms with van der Waals surface area (Å²) in [5.74, 6) is 0. The van der Waals surface area contributed by atoms with Gasteiger partial charge in [0.25, 0.3) is 0 Å². The molecule has 0 atom stereocenters. The highest BCUT2D eigenvalue weighted by Gasteiger charge is 2.23. The van der Waals surface area contributed by atoms with Crippen molar-refractivity contribution in [2.45, 2.75) is 12.8 Å². The molecule has 1 aliphatic rings. The lowest BCUT2D eigenvalue weighted by molar-refractivity contribution is 0.890. The lowest BCUT2D eigenvalue weighted by Gasteiger charge is -2.16. The topological polar surface area (TPSA) is 33.6 Å². The highest BCUT2D eigenvalue weighted by Crippen LogP contribution is 2.45. The molecule has 47 heavy (non-hydrogen) atoms. The Morgan fingerprint density at radius 2 is 1.38 bits per heavy atom. The summed E-state index contributed by atoms with van der Waals surface area (Å²) < 4.78 is 7.36. The minimum Gasteiger partial charge on any atom is -0.312 e. The van der Waals surface area contributed by atoms with E-state index in [0.29, 0.717) is 5.56 Å². The van der Waals surface area contributed by atoms with E-state index in [9.17, 15) is 5.26 Å². The first-order chi connectivity index (χ1) is 23.3. The van der Waals surface area contributed by atoms with E-state index in [0.717, 1.165) is 40.7 Å². The molecule has 220 valence electrons. The van der Waals surface area contributed by atoms with Crippen molar-refractivity contribution >= 4 is 70.3 Å². The SMILES string of the molecule is N#Cc1cccc(-c2ccc3sc4c(ccc5c6c(n(-c7ccccc7)c54)CCC=C6)c3c2)c1-n1c2ccccc2c2ccccc21. The molecule has 0 aliphatic heterocycles. The van der Waals surface area contributed by atoms with Crippen LogP contribution in [0.3, 0.4) is 0 Å². The molecule has 0 N–H and O–H groups in total.